The fourth-order valence-electron chi connectivity index (χ4n) is 3.13. The van der Waals surface area contributed by atoms with E-state index in [1.165, 1.54) is 26.5 Å². The predicted octanol–water partition coefficient (Wildman–Crippen LogP) is 5.30. The van der Waals surface area contributed by atoms with Gasteiger partial charge in [-0.1, -0.05) is 0 Å². The maximum absolute atomic E-state index is 4.07. The molecule has 140 valence electrons. The van der Waals surface area contributed by atoms with Crippen LogP contribution in [0.15, 0.2) is 92.5 Å². The van der Waals surface area contributed by atoms with Gasteiger partial charge in [-0.3, -0.25) is 0 Å². The van der Waals surface area contributed by atoms with E-state index in [-0.39, 0.29) is 0 Å². The molecule has 0 saturated heterocycles. The van der Waals surface area contributed by atoms with Crippen LogP contribution in [-0.2, 0) is 0 Å². The minimum absolute atomic E-state index is 1.11. The van der Waals surface area contributed by atoms with Crippen molar-refractivity contribution in [2.24, 2.45) is 0 Å². The quantitative estimate of drug-likeness (QED) is 0.359. The summed E-state index contributed by atoms with van der Waals surface area (Å²) in [5.41, 5.74) is 6.95. The van der Waals surface area contributed by atoms with E-state index in [0.29, 0.717) is 0 Å². The van der Waals surface area contributed by atoms with Crippen LogP contribution in [-0.4, -0.2) is 21.8 Å². The molecule has 0 amide bonds. The molecule has 0 aliphatic carbocycles. The SMILES string of the molecule is C=C(C)c1cc[c]([Bi]([c]2ccc(C(=C)C)cc2)[c]2ccc(C(=C)C)cc2)cc1. The third-order valence-electron chi connectivity index (χ3n) is 4.85. The maximum atomic E-state index is 4.07. The summed E-state index contributed by atoms with van der Waals surface area (Å²) < 4.78 is 4.43. The van der Waals surface area contributed by atoms with Crippen molar-refractivity contribution in [3.63, 3.8) is 0 Å². The van der Waals surface area contributed by atoms with Crippen molar-refractivity contribution in [1.82, 2.24) is 0 Å². The average molecular weight is 560 g/mol. The zero-order chi connectivity index (χ0) is 20.3. The molecule has 0 aromatic heterocycles. The van der Waals surface area contributed by atoms with Crippen molar-refractivity contribution in [2.75, 3.05) is 0 Å². The molecule has 0 aliphatic rings. The Labute approximate surface area is 177 Å². The van der Waals surface area contributed by atoms with Crippen molar-refractivity contribution in [1.29, 1.82) is 0 Å². The Bertz CT molecular complexity index is 867. The molecule has 0 N–H and O–H groups in total. The molecule has 0 spiro atoms. The molecule has 3 aromatic rings. The molecule has 0 nitrogen and oxygen atoms in total. The molecular weight excluding hydrogens is 533 g/mol. The van der Waals surface area contributed by atoms with Gasteiger partial charge in [0.15, 0.2) is 0 Å². The number of hydrogen-bond donors (Lipinski definition) is 0. The Morgan fingerprint density at radius 2 is 0.679 bits per heavy atom. The van der Waals surface area contributed by atoms with Gasteiger partial charge >= 0.3 is 178 Å². The fraction of sp³-hybridized carbons (Fsp3) is 0.111. The zero-order valence-electron chi connectivity index (χ0n) is 17.0. The molecule has 1 heteroatoms. The van der Waals surface area contributed by atoms with Crippen LogP contribution in [0.4, 0.5) is 0 Å². The summed E-state index contributed by atoms with van der Waals surface area (Å²) in [6.45, 7) is 18.4. The molecule has 0 saturated carbocycles. The van der Waals surface area contributed by atoms with Crippen LogP contribution >= 0.6 is 0 Å². The third kappa shape index (κ3) is 4.60. The second-order valence-corrected chi connectivity index (χ2v) is 15.9. The molecule has 0 radical (unpaired) electrons. The summed E-state index contributed by atoms with van der Waals surface area (Å²) >= 11 is -2.36. The van der Waals surface area contributed by atoms with Gasteiger partial charge in [-0.25, -0.2) is 0 Å². The van der Waals surface area contributed by atoms with Crippen LogP contribution in [0.3, 0.4) is 0 Å². The molecule has 0 bridgehead atoms. The van der Waals surface area contributed by atoms with Gasteiger partial charge in [-0.15, -0.1) is 0 Å². The van der Waals surface area contributed by atoms with Gasteiger partial charge in [-0.05, 0) is 0 Å². The van der Waals surface area contributed by atoms with Gasteiger partial charge in [0.25, 0.3) is 0 Å². The Hall–Kier alpha value is -2.24. The van der Waals surface area contributed by atoms with E-state index in [2.05, 4.69) is 113 Å². The molecule has 3 aromatic carbocycles. The normalized spacial score (nSPS) is 10.7. The first-order chi connectivity index (χ1) is 13.4. The van der Waals surface area contributed by atoms with Crippen molar-refractivity contribution in [2.45, 2.75) is 20.8 Å². The van der Waals surface area contributed by atoms with E-state index in [1.54, 1.807) is 0 Å². The Morgan fingerprint density at radius 3 is 0.857 bits per heavy atom. The first kappa shape index (κ1) is 20.5. The third-order valence-corrected chi connectivity index (χ3v) is 14.4. The summed E-state index contributed by atoms with van der Waals surface area (Å²) in [5.74, 6) is 0. The second-order valence-electron chi connectivity index (χ2n) is 7.32. The molecular formula is C27H27Bi. The van der Waals surface area contributed by atoms with Crippen LogP contribution in [0, 0.1) is 0 Å². The van der Waals surface area contributed by atoms with E-state index in [9.17, 15) is 0 Å². The predicted molar refractivity (Wildman–Crippen MR) is 128 cm³/mol. The second kappa shape index (κ2) is 8.84. The van der Waals surface area contributed by atoms with Crippen LogP contribution < -0.4 is 9.81 Å². The Kier molecular flexibility index (Phi) is 6.47. The van der Waals surface area contributed by atoms with E-state index in [0.717, 1.165) is 16.7 Å². The van der Waals surface area contributed by atoms with Crippen LogP contribution in [0.1, 0.15) is 37.5 Å². The fourth-order valence-corrected chi connectivity index (χ4v) is 11.8. The summed E-state index contributed by atoms with van der Waals surface area (Å²) in [6.07, 6.45) is 0. The van der Waals surface area contributed by atoms with Crippen molar-refractivity contribution >= 4 is 48.3 Å². The van der Waals surface area contributed by atoms with Crippen LogP contribution in [0.25, 0.3) is 16.7 Å². The van der Waals surface area contributed by atoms with E-state index in [1.807, 2.05) is 0 Å². The molecule has 0 heterocycles. The summed E-state index contributed by atoms with van der Waals surface area (Å²) in [7, 11) is 0. The van der Waals surface area contributed by atoms with Gasteiger partial charge in [0, 0.05) is 0 Å². The number of hydrogen-bond acceptors (Lipinski definition) is 0. The number of benzene rings is 3. The van der Waals surface area contributed by atoms with Gasteiger partial charge in [0.2, 0.25) is 0 Å². The standard InChI is InChI=1S/3C9H9.Bi/c3*1-8(2)9-6-4-3-5-7-9;/h3*4-7H,1H2,2H3;. The molecule has 0 unspecified atom stereocenters. The number of allylic oxidation sites excluding steroid dienone is 3. The average Bonchev–Trinajstić information content (AvgIpc) is 2.69. The molecule has 0 fully saturated rings. The van der Waals surface area contributed by atoms with Crippen molar-refractivity contribution in [3.05, 3.63) is 109 Å². The molecule has 0 atom stereocenters. The van der Waals surface area contributed by atoms with Crippen LogP contribution in [0.5, 0.6) is 0 Å². The first-order valence-electron chi connectivity index (χ1n) is 9.45. The summed E-state index contributed by atoms with van der Waals surface area (Å²) in [4.78, 5) is 0. The Balaban J connectivity index is 2.08. The molecule has 3 rings (SSSR count). The minimum atomic E-state index is -2.36. The summed E-state index contributed by atoms with van der Waals surface area (Å²) in [6, 6.07) is 27.1. The topological polar surface area (TPSA) is 0 Å². The van der Waals surface area contributed by atoms with Gasteiger partial charge in [0.05, 0.1) is 0 Å². The van der Waals surface area contributed by atoms with Crippen LogP contribution in [0.2, 0.25) is 0 Å². The van der Waals surface area contributed by atoms with Crippen molar-refractivity contribution < 1.29 is 0 Å². The van der Waals surface area contributed by atoms with E-state index in [4.69, 9.17) is 0 Å². The Morgan fingerprint density at radius 1 is 0.464 bits per heavy atom. The monoisotopic (exact) mass is 560 g/mol. The summed E-state index contributed by atoms with van der Waals surface area (Å²) in [5, 5.41) is 0. The van der Waals surface area contributed by atoms with Crippen molar-refractivity contribution in [3.8, 4) is 0 Å². The number of rotatable bonds is 6. The van der Waals surface area contributed by atoms with E-state index < -0.39 is 21.8 Å². The first-order valence-corrected chi connectivity index (χ1v) is 14.7. The molecule has 28 heavy (non-hydrogen) atoms. The van der Waals surface area contributed by atoms with E-state index >= 15 is 0 Å². The van der Waals surface area contributed by atoms with Gasteiger partial charge in [-0.2, -0.15) is 0 Å². The zero-order valence-corrected chi connectivity index (χ0v) is 20.5. The van der Waals surface area contributed by atoms with Gasteiger partial charge < -0.3 is 0 Å². The van der Waals surface area contributed by atoms with Gasteiger partial charge in [0.1, 0.15) is 0 Å². The molecule has 0 aliphatic heterocycles.